The summed E-state index contributed by atoms with van der Waals surface area (Å²) in [5, 5.41) is 13.8. The summed E-state index contributed by atoms with van der Waals surface area (Å²) in [4.78, 5) is 57.3. The predicted molar refractivity (Wildman–Crippen MR) is 202 cm³/mol. The molecule has 6 aromatic rings. The minimum absolute atomic E-state index is 0.180. The summed E-state index contributed by atoms with van der Waals surface area (Å²) in [5.74, 6) is 0.148. The highest BCUT2D eigenvalue weighted by Crippen LogP contribution is 2.38. The van der Waals surface area contributed by atoms with E-state index < -0.39 is 0 Å². The van der Waals surface area contributed by atoms with Gasteiger partial charge in [0, 0.05) is 49.0 Å². The Labute approximate surface area is 300 Å². The van der Waals surface area contributed by atoms with Crippen LogP contribution in [0.4, 0.5) is 0 Å². The zero-order chi connectivity index (χ0) is 36.3. The predicted octanol–water partition coefficient (Wildman–Crippen LogP) is 6.17. The van der Waals surface area contributed by atoms with Crippen LogP contribution in [-0.2, 0) is 0 Å². The van der Waals surface area contributed by atoms with Crippen molar-refractivity contribution in [2.45, 2.75) is 25.9 Å². The summed E-state index contributed by atoms with van der Waals surface area (Å²) in [6.07, 6.45) is 0. The van der Waals surface area contributed by atoms with E-state index in [1.807, 2.05) is 86.6 Å². The summed E-state index contributed by atoms with van der Waals surface area (Å²) < 4.78 is 10.9. The molecule has 2 aliphatic rings. The van der Waals surface area contributed by atoms with E-state index in [0.29, 0.717) is 46.8 Å². The van der Waals surface area contributed by atoms with Gasteiger partial charge in [-0.15, -0.1) is 0 Å². The Balaban J connectivity index is 0.901. The minimum atomic E-state index is -0.304. The Morgan fingerprint density at radius 1 is 0.519 bits per heavy atom. The highest BCUT2D eigenvalue weighted by Gasteiger charge is 2.39. The summed E-state index contributed by atoms with van der Waals surface area (Å²) in [6, 6.07) is 26.3. The molecular weight excluding hydrogens is 656 g/mol. The van der Waals surface area contributed by atoms with E-state index in [1.165, 1.54) is 9.80 Å². The second-order valence-electron chi connectivity index (χ2n) is 13.6. The zero-order valence-electron chi connectivity index (χ0n) is 29.4. The molecule has 0 bridgehead atoms. The lowest BCUT2D eigenvalue weighted by atomic mass is 9.95. The normalized spacial score (nSPS) is 15.3. The van der Waals surface area contributed by atoms with E-state index >= 15 is 0 Å². The van der Waals surface area contributed by atoms with E-state index in [-0.39, 0.29) is 48.8 Å². The molecule has 0 aromatic heterocycles. The summed E-state index contributed by atoms with van der Waals surface area (Å²) in [5.41, 5.74) is 1.67. The maximum atomic E-state index is 13.8. The lowest BCUT2D eigenvalue weighted by molar-refractivity contribution is 0.0624. The average Bonchev–Trinajstić information content (AvgIpc) is 3.55. The summed E-state index contributed by atoms with van der Waals surface area (Å²) in [6.45, 7) is 5.38. The van der Waals surface area contributed by atoms with Crippen molar-refractivity contribution in [3.63, 3.8) is 0 Å². The van der Waals surface area contributed by atoms with Crippen molar-refractivity contribution in [2.24, 2.45) is 0 Å². The molecule has 2 aliphatic heterocycles. The van der Waals surface area contributed by atoms with Gasteiger partial charge in [-0.3, -0.25) is 29.0 Å². The third-order valence-electron chi connectivity index (χ3n) is 10.3. The number of nitrogens with one attached hydrogen (secondary N) is 2. The van der Waals surface area contributed by atoms with Gasteiger partial charge in [0.1, 0.15) is 11.5 Å². The van der Waals surface area contributed by atoms with Gasteiger partial charge in [0.05, 0.1) is 36.5 Å². The van der Waals surface area contributed by atoms with Crippen molar-refractivity contribution in [2.75, 3.05) is 40.4 Å². The van der Waals surface area contributed by atoms with Crippen LogP contribution in [-0.4, -0.2) is 85.9 Å². The molecule has 2 atom stereocenters. The first-order valence-electron chi connectivity index (χ1n) is 17.4. The first-order chi connectivity index (χ1) is 25.2. The lowest BCUT2D eigenvalue weighted by Gasteiger charge is -2.23. The van der Waals surface area contributed by atoms with Crippen LogP contribution in [0.1, 0.15) is 55.3 Å². The number of imide groups is 2. The standard InChI is InChI=1S/C42H38N4O6/c1-23(21-45-39(47)31-15-11-27-7-5-25-9-13-29(51-3)19-33(25)35(27)37(31)41(45)49)43-17-18-44-24(2)22-46-40(48)32-16-12-28-8-6-26-10-14-30(52-4)20-34(26)36(28)38(32)42(46)50/h5-16,19-20,23-24,43-44H,17-18,21-22H2,1-4H3/t23-,24-/m1/s1. The smallest absolute Gasteiger partial charge is 0.262 e. The van der Waals surface area contributed by atoms with Crippen molar-refractivity contribution in [1.82, 2.24) is 20.4 Å². The van der Waals surface area contributed by atoms with E-state index in [9.17, 15) is 19.2 Å². The van der Waals surface area contributed by atoms with Crippen LogP contribution in [0.2, 0.25) is 0 Å². The number of amides is 4. The number of benzene rings is 6. The van der Waals surface area contributed by atoms with Crippen molar-refractivity contribution < 1.29 is 28.7 Å². The van der Waals surface area contributed by atoms with Crippen molar-refractivity contribution >= 4 is 66.7 Å². The van der Waals surface area contributed by atoms with Gasteiger partial charge >= 0.3 is 0 Å². The second-order valence-corrected chi connectivity index (χ2v) is 13.6. The fourth-order valence-corrected chi connectivity index (χ4v) is 7.69. The number of nitrogens with zero attached hydrogens (tertiary/aromatic N) is 2. The Hall–Kier alpha value is -5.84. The Bertz CT molecular complexity index is 2320. The fraction of sp³-hybridized carbons (Fsp3) is 0.238. The van der Waals surface area contributed by atoms with Crippen LogP contribution in [0.15, 0.2) is 84.9 Å². The Kier molecular flexibility index (Phi) is 8.36. The van der Waals surface area contributed by atoms with Gasteiger partial charge in [-0.25, -0.2) is 0 Å². The molecule has 10 heteroatoms. The zero-order valence-corrected chi connectivity index (χ0v) is 29.4. The number of hydrogen-bond acceptors (Lipinski definition) is 8. The number of ether oxygens (including phenoxy) is 2. The third-order valence-corrected chi connectivity index (χ3v) is 10.3. The highest BCUT2D eigenvalue weighted by atomic mass is 16.5. The lowest BCUT2D eigenvalue weighted by Crippen LogP contribution is -2.46. The monoisotopic (exact) mass is 694 g/mol. The van der Waals surface area contributed by atoms with Gasteiger partial charge in [-0.05, 0) is 82.6 Å². The quantitative estimate of drug-likeness (QED) is 0.0941. The Morgan fingerprint density at radius 2 is 0.885 bits per heavy atom. The molecule has 0 unspecified atom stereocenters. The number of carbonyl (C=O) groups is 4. The third kappa shape index (κ3) is 5.42. The highest BCUT2D eigenvalue weighted by molar-refractivity contribution is 6.31. The Morgan fingerprint density at radius 3 is 1.29 bits per heavy atom. The number of carbonyl (C=O) groups excluding carboxylic acids is 4. The molecule has 0 saturated heterocycles. The molecule has 52 heavy (non-hydrogen) atoms. The molecule has 6 aromatic carbocycles. The number of fused-ring (bicyclic) bond motifs is 10. The number of rotatable bonds is 11. The molecule has 0 fully saturated rings. The summed E-state index contributed by atoms with van der Waals surface area (Å²) >= 11 is 0. The van der Waals surface area contributed by atoms with Gasteiger partial charge in [0.15, 0.2) is 0 Å². The number of methoxy groups -OCH3 is 2. The molecule has 8 rings (SSSR count). The van der Waals surface area contributed by atoms with Gasteiger partial charge in [0.25, 0.3) is 23.6 Å². The van der Waals surface area contributed by atoms with Crippen LogP contribution in [0.25, 0.3) is 43.1 Å². The molecule has 2 N–H and O–H groups in total. The molecular formula is C42H38N4O6. The average molecular weight is 695 g/mol. The molecule has 0 spiro atoms. The molecule has 2 heterocycles. The summed E-state index contributed by atoms with van der Waals surface area (Å²) in [7, 11) is 3.21. The van der Waals surface area contributed by atoms with E-state index in [0.717, 1.165) is 43.1 Å². The molecule has 0 saturated carbocycles. The van der Waals surface area contributed by atoms with Crippen LogP contribution < -0.4 is 20.1 Å². The van der Waals surface area contributed by atoms with Crippen molar-refractivity contribution in [3.05, 3.63) is 107 Å². The first kappa shape index (κ1) is 33.3. The van der Waals surface area contributed by atoms with Crippen LogP contribution in [0.5, 0.6) is 11.5 Å². The van der Waals surface area contributed by atoms with Crippen molar-refractivity contribution in [1.29, 1.82) is 0 Å². The fourth-order valence-electron chi connectivity index (χ4n) is 7.69. The maximum Gasteiger partial charge on any atom is 0.262 e. The van der Waals surface area contributed by atoms with E-state index in [2.05, 4.69) is 10.6 Å². The van der Waals surface area contributed by atoms with Crippen LogP contribution >= 0.6 is 0 Å². The van der Waals surface area contributed by atoms with E-state index in [4.69, 9.17) is 9.47 Å². The molecule has 4 amide bonds. The minimum Gasteiger partial charge on any atom is -0.497 e. The topological polar surface area (TPSA) is 117 Å². The van der Waals surface area contributed by atoms with Gasteiger partial charge in [-0.2, -0.15) is 0 Å². The van der Waals surface area contributed by atoms with Gasteiger partial charge in [-0.1, -0.05) is 48.5 Å². The van der Waals surface area contributed by atoms with Crippen molar-refractivity contribution in [3.8, 4) is 11.5 Å². The van der Waals surface area contributed by atoms with Crippen LogP contribution in [0.3, 0.4) is 0 Å². The largest absolute Gasteiger partial charge is 0.497 e. The van der Waals surface area contributed by atoms with Crippen LogP contribution in [0, 0.1) is 0 Å². The SMILES string of the molecule is COc1ccc2ccc3ccc4c(c3c2c1)C(=O)N(C[C@@H](C)NCCN[C@H](C)CN1C(=O)c2ccc3ccc5ccc(OC)cc5c3c2C1=O)C4=O. The van der Waals surface area contributed by atoms with Gasteiger partial charge in [0.2, 0.25) is 0 Å². The molecule has 0 radical (unpaired) electrons. The molecule has 0 aliphatic carbocycles. The maximum absolute atomic E-state index is 13.8. The molecule has 262 valence electrons. The molecule has 10 nitrogen and oxygen atoms in total. The second kappa shape index (κ2) is 13.0. The van der Waals surface area contributed by atoms with E-state index in [1.54, 1.807) is 26.4 Å². The number of hydrogen-bond donors (Lipinski definition) is 2. The first-order valence-corrected chi connectivity index (χ1v) is 17.4. The van der Waals surface area contributed by atoms with Gasteiger partial charge < -0.3 is 20.1 Å².